The Morgan fingerprint density at radius 3 is 2.25 bits per heavy atom. The summed E-state index contributed by atoms with van der Waals surface area (Å²) >= 11 is 0. The standard InChI is InChI=1S/C23H28O5/c1-5-13-10-12(4)11-14(6-2)17(13)20-21(24)18-15-8-9-16(27-15)19(18)22(20)28-23(25)26-7-3/h10-11,15-16,18-19H,5-9H2,1-4H3/t15-,16+,18-,19+/m0/s1. The number of allylic oxidation sites excluding steroid dienone is 1. The van der Waals surface area contributed by atoms with Gasteiger partial charge in [-0.05, 0) is 56.2 Å². The molecule has 2 heterocycles. The number of hydrogen-bond acceptors (Lipinski definition) is 5. The first-order chi connectivity index (χ1) is 13.5. The SMILES string of the molecule is CCOC(=O)OC1=C(c2c(CC)cc(C)cc2CC)C(=O)[C@@H]2[C@H]1[C@H]1CC[C@@H]2O1. The second-order valence-electron chi connectivity index (χ2n) is 7.90. The smallest absolute Gasteiger partial charge is 0.434 e. The molecule has 4 atom stereocenters. The van der Waals surface area contributed by atoms with Crippen molar-refractivity contribution in [2.24, 2.45) is 11.8 Å². The summed E-state index contributed by atoms with van der Waals surface area (Å²) in [6, 6.07) is 4.27. The average Bonchev–Trinajstić information content (AvgIpc) is 3.35. The highest BCUT2D eigenvalue weighted by Crippen LogP contribution is 2.55. The summed E-state index contributed by atoms with van der Waals surface area (Å²) in [6.45, 7) is 8.24. The van der Waals surface area contributed by atoms with E-state index < -0.39 is 6.16 Å². The van der Waals surface area contributed by atoms with Crippen molar-refractivity contribution in [2.45, 2.75) is 65.6 Å². The maximum atomic E-state index is 13.6. The Balaban J connectivity index is 1.89. The number of benzene rings is 1. The first kappa shape index (κ1) is 19.2. The summed E-state index contributed by atoms with van der Waals surface area (Å²) in [7, 11) is 0. The molecular weight excluding hydrogens is 356 g/mol. The van der Waals surface area contributed by atoms with Gasteiger partial charge in [0.1, 0.15) is 5.76 Å². The van der Waals surface area contributed by atoms with Crippen LogP contribution in [0.15, 0.2) is 17.9 Å². The van der Waals surface area contributed by atoms with Gasteiger partial charge in [0, 0.05) is 0 Å². The predicted octanol–water partition coefficient (Wildman–Crippen LogP) is 4.38. The van der Waals surface area contributed by atoms with Crippen molar-refractivity contribution < 1.29 is 23.8 Å². The Labute approximate surface area is 166 Å². The van der Waals surface area contributed by atoms with Gasteiger partial charge in [0.15, 0.2) is 5.78 Å². The largest absolute Gasteiger partial charge is 0.513 e. The van der Waals surface area contributed by atoms with Crippen LogP contribution >= 0.6 is 0 Å². The van der Waals surface area contributed by atoms with Crippen LogP contribution < -0.4 is 0 Å². The third-order valence-electron chi connectivity index (χ3n) is 6.28. The van der Waals surface area contributed by atoms with E-state index in [1.807, 2.05) is 0 Å². The van der Waals surface area contributed by atoms with Crippen molar-refractivity contribution in [3.8, 4) is 0 Å². The van der Waals surface area contributed by atoms with Crippen LogP contribution in [-0.2, 0) is 31.8 Å². The van der Waals surface area contributed by atoms with E-state index in [1.165, 1.54) is 5.56 Å². The van der Waals surface area contributed by atoms with Crippen LogP contribution in [0.4, 0.5) is 4.79 Å². The van der Waals surface area contributed by atoms with Gasteiger partial charge in [-0.2, -0.15) is 0 Å². The molecule has 5 nitrogen and oxygen atoms in total. The van der Waals surface area contributed by atoms with Crippen molar-refractivity contribution in [2.75, 3.05) is 6.61 Å². The maximum absolute atomic E-state index is 13.6. The molecule has 4 rings (SSSR count). The van der Waals surface area contributed by atoms with Gasteiger partial charge in [0.05, 0.1) is 36.2 Å². The molecular formula is C23H28O5. The van der Waals surface area contributed by atoms with E-state index in [1.54, 1.807) is 6.92 Å². The fourth-order valence-corrected chi connectivity index (χ4v) is 5.22. The van der Waals surface area contributed by atoms with Crippen LogP contribution in [0.3, 0.4) is 0 Å². The summed E-state index contributed by atoms with van der Waals surface area (Å²) in [5, 5.41) is 0. The zero-order valence-corrected chi connectivity index (χ0v) is 17.0. The van der Waals surface area contributed by atoms with Crippen molar-refractivity contribution >= 4 is 17.5 Å². The molecule has 0 aromatic heterocycles. The van der Waals surface area contributed by atoms with Gasteiger partial charge in [0.2, 0.25) is 0 Å². The summed E-state index contributed by atoms with van der Waals surface area (Å²) in [4.78, 5) is 25.8. The molecule has 0 spiro atoms. The summed E-state index contributed by atoms with van der Waals surface area (Å²) in [5.41, 5.74) is 4.96. The minimum atomic E-state index is -0.741. The van der Waals surface area contributed by atoms with Crippen LogP contribution in [-0.4, -0.2) is 30.8 Å². The monoisotopic (exact) mass is 384 g/mol. The quantitative estimate of drug-likeness (QED) is 0.705. The van der Waals surface area contributed by atoms with E-state index in [4.69, 9.17) is 14.2 Å². The van der Waals surface area contributed by atoms with Gasteiger partial charge < -0.3 is 14.2 Å². The lowest BCUT2D eigenvalue weighted by atomic mass is 9.80. The van der Waals surface area contributed by atoms with Crippen LogP contribution in [0.1, 0.15) is 55.9 Å². The molecule has 0 unspecified atom stereocenters. The van der Waals surface area contributed by atoms with Crippen LogP contribution in [0.25, 0.3) is 5.57 Å². The lowest BCUT2D eigenvalue weighted by Gasteiger charge is -2.21. The number of fused-ring (bicyclic) bond motifs is 5. The van der Waals surface area contributed by atoms with Gasteiger partial charge in [-0.25, -0.2) is 4.79 Å². The highest BCUT2D eigenvalue weighted by Gasteiger charge is 2.60. The molecule has 0 amide bonds. The second-order valence-corrected chi connectivity index (χ2v) is 7.90. The molecule has 1 aromatic rings. The lowest BCUT2D eigenvalue weighted by Crippen LogP contribution is -2.30. The summed E-state index contributed by atoms with van der Waals surface area (Å²) in [6.07, 6.45) is 2.56. The lowest BCUT2D eigenvalue weighted by molar-refractivity contribution is -0.118. The highest BCUT2D eigenvalue weighted by molar-refractivity contribution is 6.26. The zero-order valence-electron chi connectivity index (χ0n) is 17.0. The molecule has 28 heavy (non-hydrogen) atoms. The minimum absolute atomic E-state index is 0.0542. The fourth-order valence-electron chi connectivity index (χ4n) is 5.22. The number of carbonyl (C=O) groups is 2. The molecule has 2 aliphatic heterocycles. The van der Waals surface area contributed by atoms with Crippen molar-refractivity contribution in [1.29, 1.82) is 0 Å². The zero-order chi connectivity index (χ0) is 20.0. The summed E-state index contributed by atoms with van der Waals surface area (Å²) in [5.74, 6) is 0.105. The van der Waals surface area contributed by atoms with E-state index in [2.05, 4.69) is 32.9 Å². The van der Waals surface area contributed by atoms with E-state index in [0.29, 0.717) is 11.3 Å². The van der Waals surface area contributed by atoms with E-state index in [0.717, 1.165) is 42.4 Å². The van der Waals surface area contributed by atoms with Gasteiger partial charge in [-0.1, -0.05) is 31.5 Å². The van der Waals surface area contributed by atoms with E-state index in [9.17, 15) is 9.59 Å². The van der Waals surface area contributed by atoms with Crippen molar-refractivity contribution in [3.63, 3.8) is 0 Å². The maximum Gasteiger partial charge on any atom is 0.513 e. The van der Waals surface area contributed by atoms with E-state index in [-0.39, 0.29) is 36.4 Å². The first-order valence-electron chi connectivity index (χ1n) is 10.4. The molecule has 2 saturated heterocycles. The first-order valence-corrected chi connectivity index (χ1v) is 10.4. The van der Waals surface area contributed by atoms with Gasteiger partial charge in [-0.3, -0.25) is 4.79 Å². The average molecular weight is 384 g/mol. The Morgan fingerprint density at radius 1 is 1.07 bits per heavy atom. The Hall–Kier alpha value is -2.14. The topological polar surface area (TPSA) is 61.8 Å². The van der Waals surface area contributed by atoms with Crippen molar-refractivity contribution in [3.05, 3.63) is 40.1 Å². The Bertz CT molecular complexity index is 828. The number of Topliss-reactive ketones (excluding diaryl/α,β-unsaturated/α-hetero) is 1. The Morgan fingerprint density at radius 2 is 1.68 bits per heavy atom. The number of hydrogen-bond donors (Lipinski definition) is 0. The van der Waals surface area contributed by atoms with Crippen LogP contribution in [0, 0.1) is 18.8 Å². The number of aryl methyl sites for hydroxylation is 3. The number of ketones is 1. The van der Waals surface area contributed by atoms with E-state index >= 15 is 0 Å². The molecule has 1 aliphatic carbocycles. The van der Waals surface area contributed by atoms with Crippen molar-refractivity contribution in [1.82, 2.24) is 0 Å². The molecule has 2 bridgehead atoms. The molecule has 3 aliphatic rings. The molecule has 0 N–H and O–H groups in total. The fraction of sp³-hybridized carbons (Fsp3) is 0.565. The van der Waals surface area contributed by atoms with Gasteiger partial charge >= 0.3 is 6.16 Å². The second kappa shape index (κ2) is 7.36. The van der Waals surface area contributed by atoms with Gasteiger partial charge in [-0.15, -0.1) is 0 Å². The van der Waals surface area contributed by atoms with Crippen LogP contribution in [0.5, 0.6) is 0 Å². The van der Waals surface area contributed by atoms with Gasteiger partial charge in [0.25, 0.3) is 0 Å². The predicted molar refractivity (Wildman–Crippen MR) is 105 cm³/mol. The number of rotatable bonds is 5. The Kier molecular flexibility index (Phi) is 5.04. The molecule has 0 radical (unpaired) electrons. The molecule has 150 valence electrons. The molecule has 2 fully saturated rings. The normalized spacial score (nSPS) is 28.1. The molecule has 1 aromatic carbocycles. The third-order valence-corrected chi connectivity index (χ3v) is 6.28. The van der Waals surface area contributed by atoms with Crippen LogP contribution in [0.2, 0.25) is 0 Å². The summed E-state index contributed by atoms with van der Waals surface area (Å²) < 4.78 is 16.8. The number of ether oxygens (including phenoxy) is 3. The third kappa shape index (κ3) is 2.87. The molecule has 0 saturated carbocycles. The molecule has 5 heteroatoms. The highest BCUT2D eigenvalue weighted by atomic mass is 16.7. The number of carbonyl (C=O) groups excluding carboxylic acids is 2. The minimum Gasteiger partial charge on any atom is -0.434 e.